The zero-order chi connectivity index (χ0) is 43.6. The molecule has 59 heavy (non-hydrogen) atoms. The number of quaternary nitrogens is 1. The lowest BCUT2D eigenvalue weighted by Crippen LogP contribution is -2.46. The van der Waals surface area contributed by atoms with E-state index in [1.165, 1.54) is 199 Å². The lowest BCUT2D eigenvalue weighted by Gasteiger charge is -2.30. The maximum absolute atomic E-state index is 12.9. The molecule has 0 saturated heterocycles. The zero-order valence-corrected chi connectivity index (χ0v) is 41.1. The van der Waals surface area contributed by atoms with Crippen molar-refractivity contribution in [3.05, 3.63) is 0 Å². The van der Waals surface area contributed by atoms with Gasteiger partial charge < -0.3 is 28.8 Å². The van der Waals surface area contributed by atoms with Crippen molar-refractivity contribution in [3.8, 4) is 0 Å². The van der Waals surface area contributed by atoms with Gasteiger partial charge in [0, 0.05) is 6.42 Å². The Morgan fingerprint density at radius 1 is 0.525 bits per heavy atom. The van der Waals surface area contributed by atoms with Crippen LogP contribution in [0.5, 0.6) is 0 Å². The number of aliphatic hydroxyl groups excluding tert-OH is 1. The first kappa shape index (κ1) is 58.5. The molecule has 0 bridgehead atoms. The van der Waals surface area contributed by atoms with E-state index >= 15 is 0 Å². The van der Waals surface area contributed by atoms with E-state index in [1.54, 1.807) is 0 Å². The van der Waals surface area contributed by atoms with Crippen LogP contribution >= 0.6 is 7.82 Å². The number of amides is 1. The van der Waals surface area contributed by atoms with E-state index in [9.17, 15) is 19.4 Å². The van der Waals surface area contributed by atoms with Crippen LogP contribution in [0, 0.1) is 0 Å². The highest BCUT2D eigenvalue weighted by Gasteiger charge is 2.24. The van der Waals surface area contributed by atoms with Crippen molar-refractivity contribution in [2.45, 2.75) is 276 Å². The van der Waals surface area contributed by atoms with Gasteiger partial charge in [0.1, 0.15) is 13.2 Å². The van der Waals surface area contributed by atoms with E-state index < -0.39 is 20.0 Å². The van der Waals surface area contributed by atoms with Gasteiger partial charge in [-0.2, -0.15) is 0 Å². The third-order valence-electron chi connectivity index (χ3n) is 12.1. The Kier molecular flexibility index (Phi) is 42.4. The molecule has 9 heteroatoms. The van der Waals surface area contributed by atoms with Crippen LogP contribution in [0.3, 0.4) is 0 Å². The van der Waals surface area contributed by atoms with Crippen molar-refractivity contribution in [3.63, 3.8) is 0 Å². The van der Waals surface area contributed by atoms with E-state index in [2.05, 4.69) is 19.2 Å². The Morgan fingerprint density at radius 3 is 1.15 bits per heavy atom. The van der Waals surface area contributed by atoms with Crippen molar-refractivity contribution >= 4 is 13.7 Å². The molecule has 0 aliphatic rings. The lowest BCUT2D eigenvalue weighted by molar-refractivity contribution is -0.870. The number of aliphatic hydroxyl groups is 1. The van der Waals surface area contributed by atoms with Gasteiger partial charge >= 0.3 is 0 Å². The minimum Gasteiger partial charge on any atom is -0.756 e. The van der Waals surface area contributed by atoms with Gasteiger partial charge in [-0.3, -0.25) is 9.36 Å². The molecule has 2 N–H and O–H groups in total. The number of hydrogen-bond acceptors (Lipinski definition) is 6. The van der Waals surface area contributed by atoms with Crippen LogP contribution in [0.1, 0.15) is 264 Å². The Balaban J connectivity index is 4.12. The van der Waals surface area contributed by atoms with Crippen molar-refractivity contribution < 1.29 is 32.9 Å². The Bertz CT molecular complexity index is 932. The van der Waals surface area contributed by atoms with E-state index in [1.807, 2.05) is 21.1 Å². The predicted molar refractivity (Wildman–Crippen MR) is 252 cm³/mol. The molecule has 1 amide bonds. The quantitative estimate of drug-likeness (QED) is 0.0358. The first-order valence-corrected chi connectivity index (χ1v) is 27.3. The van der Waals surface area contributed by atoms with Gasteiger partial charge in [-0.15, -0.1) is 0 Å². The summed E-state index contributed by atoms with van der Waals surface area (Å²) >= 11 is 0. The zero-order valence-electron chi connectivity index (χ0n) is 40.2. The smallest absolute Gasteiger partial charge is 0.268 e. The molecule has 0 rings (SSSR count). The number of carbonyl (C=O) groups is 1. The van der Waals surface area contributed by atoms with Gasteiger partial charge in [0.15, 0.2) is 0 Å². The van der Waals surface area contributed by atoms with Crippen LogP contribution in [-0.4, -0.2) is 68.5 Å². The van der Waals surface area contributed by atoms with Gasteiger partial charge in [-0.05, 0) is 12.8 Å². The summed E-state index contributed by atoms with van der Waals surface area (Å²) in [4.78, 5) is 25.4. The average Bonchev–Trinajstić information content (AvgIpc) is 3.19. The van der Waals surface area contributed by atoms with Crippen LogP contribution in [0.4, 0.5) is 0 Å². The predicted octanol–water partition coefficient (Wildman–Crippen LogP) is 14.3. The molecule has 1 unspecified atom stereocenters. The van der Waals surface area contributed by atoms with Crippen LogP contribution in [0.25, 0.3) is 0 Å². The second-order valence-corrected chi connectivity index (χ2v) is 20.7. The number of rotatable bonds is 48. The largest absolute Gasteiger partial charge is 0.756 e. The number of nitrogens with zero attached hydrogens (tertiary/aromatic N) is 1. The molecule has 0 aliphatic carbocycles. The highest BCUT2D eigenvalue weighted by Crippen LogP contribution is 2.38. The SMILES string of the molecule is CCCCCCCCCCCCCCCCCCCCCCCCCCC(=O)N[C@@H](COP(=O)([O-])OCC[N+](C)(C)C)[C@H](O)CCCCCCCCCCCCCCC. The number of hydrogen-bond donors (Lipinski definition) is 2. The van der Waals surface area contributed by atoms with Crippen LogP contribution < -0.4 is 10.2 Å². The summed E-state index contributed by atoms with van der Waals surface area (Å²) in [5.41, 5.74) is 0. The third-order valence-corrected chi connectivity index (χ3v) is 13.1. The van der Waals surface area contributed by atoms with E-state index in [0.29, 0.717) is 23.9 Å². The Hall–Kier alpha value is -0.500. The van der Waals surface area contributed by atoms with Gasteiger partial charge in [0.05, 0.1) is 39.9 Å². The van der Waals surface area contributed by atoms with Crippen molar-refractivity contribution in [1.82, 2.24) is 5.32 Å². The summed E-state index contributed by atoms with van der Waals surface area (Å²) in [6.45, 7) is 4.75. The van der Waals surface area contributed by atoms with Crippen molar-refractivity contribution in [2.24, 2.45) is 0 Å². The molecule has 0 radical (unpaired) electrons. The molecule has 0 aromatic rings. The second-order valence-electron chi connectivity index (χ2n) is 19.2. The highest BCUT2D eigenvalue weighted by atomic mass is 31.2. The summed E-state index contributed by atoms with van der Waals surface area (Å²) in [6.07, 6.45) is 48.3. The first-order chi connectivity index (χ1) is 28.5. The molecule has 354 valence electrons. The number of carbonyl (C=O) groups excluding carboxylic acids is 1. The van der Waals surface area contributed by atoms with Crippen molar-refractivity contribution in [2.75, 3.05) is 40.9 Å². The fraction of sp³-hybridized carbons (Fsp3) is 0.980. The first-order valence-electron chi connectivity index (χ1n) is 25.9. The van der Waals surface area contributed by atoms with Crippen LogP contribution in [0.15, 0.2) is 0 Å². The second kappa shape index (κ2) is 42.8. The molecular formula is C50H103N2O6P. The maximum Gasteiger partial charge on any atom is 0.268 e. The summed E-state index contributed by atoms with van der Waals surface area (Å²) in [7, 11) is 1.32. The highest BCUT2D eigenvalue weighted by molar-refractivity contribution is 7.45. The third kappa shape index (κ3) is 45.3. The summed E-state index contributed by atoms with van der Waals surface area (Å²) in [5.74, 6) is -0.159. The fourth-order valence-corrected chi connectivity index (χ4v) is 8.71. The molecule has 0 spiro atoms. The maximum atomic E-state index is 12.9. The average molecular weight is 859 g/mol. The summed E-state index contributed by atoms with van der Waals surface area (Å²) in [6, 6.07) is -0.793. The fourth-order valence-electron chi connectivity index (χ4n) is 7.98. The number of phosphoric ester groups is 1. The number of nitrogens with one attached hydrogen (secondary N) is 1. The summed E-state index contributed by atoms with van der Waals surface area (Å²) in [5, 5.41) is 13.9. The van der Waals surface area contributed by atoms with E-state index in [0.717, 1.165) is 38.5 Å². The Labute approximate surface area is 368 Å². The number of likely N-dealkylation sites (N-methyl/N-ethyl adjacent to an activating group) is 1. The molecule has 0 aliphatic heterocycles. The van der Waals surface area contributed by atoms with Crippen LogP contribution in [0.2, 0.25) is 0 Å². The molecule has 0 fully saturated rings. The Morgan fingerprint density at radius 2 is 0.831 bits per heavy atom. The molecule has 0 heterocycles. The molecule has 8 nitrogen and oxygen atoms in total. The topological polar surface area (TPSA) is 108 Å². The van der Waals surface area contributed by atoms with Crippen LogP contribution in [-0.2, 0) is 18.4 Å². The monoisotopic (exact) mass is 859 g/mol. The lowest BCUT2D eigenvalue weighted by atomic mass is 10.0. The molecule has 0 saturated carbocycles. The van der Waals surface area contributed by atoms with Gasteiger partial charge in [-0.25, -0.2) is 0 Å². The van der Waals surface area contributed by atoms with Crippen molar-refractivity contribution in [1.29, 1.82) is 0 Å². The molecule has 3 atom stereocenters. The van der Waals surface area contributed by atoms with E-state index in [4.69, 9.17) is 9.05 Å². The molecule has 0 aromatic carbocycles. The number of unbranched alkanes of at least 4 members (excludes halogenated alkanes) is 35. The molecular weight excluding hydrogens is 756 g/mol. The van der Waals surface area contributed by atoms with Gasteiger partial charge in [0.25, 0.3) is 7.82 Å². The van der Waals surface area contributed by atoms with Gasteiger partial charge in [-0.1, -0.05) is 245 Å². The van der Waals surface area contributed by atoms with E-state index in [-0.39, 0.29) is 19.1 Å². The minimum atomic E-state index is -4.56. The minimum absolute atomic E-state index is 0.0162. The standard InChI is InChI=1S/C50H103N2O6P/c1-6-8-10-12-14-16-18-20-21-22-23-24-25-26-27-28-29-30-32-34-36-38-40-42-44-50(54)51-48(47-58-59(55,56)57-46-45-52(3,4)5)49(53)43-41-39-37-35-33-31-19-17-15-13-11-9-7-2/h48-49,53H,6-47H2,1-5H3,(H-,51,54,55,56)/t48-,49+/m0/s1. The summed E-state index contributed by atoms with van der Waals surface area (Å²) < 4.78 is 23.3. The number of phosphoric acid groups is 1. The normalized spacial score (nSPS) is 14.1. The van der Waals surface area contributed by atoms with Gasteiger partial charge in [0.2, 0.25) is 5.91 Å². The molecule has 0 aromatic heterocycles.